The van der Waals surface area contributed by atoms with Crippen LogP contribution in [0.2, 0.25) is 0 Å². The summed E-state index contributed by atoms with van der Waals surface area (Å²) in [4.78, 5) is 4.93. The van der Waals surface area contributed by atoms with Crippen LogP contribution >= 0.6 is 0 Å². The van der Waals surface area contributed by atoms with Gasteiger partial charge in [-0.2, -0.15) is 0 Å². The van der Waals surface area contributed by atoms with Crippen LogP contribution in [0.1, 0.15) is 23.1 Å². The van der Waals surface area contributed by atoms with Crippen LogP contribution in [0.5, 0.6) is 17.2 Å². The van der Waals surface area contributed by atoms with Gasteiger partial charge in [-0.05, 0) is 48.2 Å². The normalized spacial score (nSPS) is 17.7. The molecule has 0 bridgehead atoms. The summed E-state index contributed by atoms with van der Waals surface area (Å²) in [6.45, 7) is 6.88. The summed E-state index contributed by atoms with van der Waals surface area (Å²) in [5.74, 6) is 2.54. The second kappa shape index (κ2) is 10.7. The van der Waals surface area contributed by atoms with E-state index in [2.05, 4.69) is 41.0 Å². The van der Waals surface area contributed by atoms with Crippen molar-refractivity contribution >= 4 is 0 Å². The van der Waals surface area contributed by atoms with Gasteiger partial charge >= 0.3 is 0 Å². The second-order valence-electron chi connectivity index (χ2n) is 7.90. The molecule has 30 heavy (non-hydrogen) atoms. The molecule has 0 aliphatic carbocycles. The van der Waals surface area contributed by atoms with Crippen LogP contribution in [0.3, 0.4) is 0 Å². The van der Waals surface area contributed by atoms with E-state index in [9.17, 15) is 5.11 Å². The number of rotatable bonds is 9. The first-order chi connectivity index (χ1) is 14.6. The molecule has 2 aromatic rings. The van der Waals surface area contributed by atoms with Crippen LogP contribution in [0, 0.1) is 6.92 Å². The van der Waals surface area contributed by atoms with Gasteiger partial charge in [0.2, 0.25) is 0 Å². The molecule has 0 spiro atoms. The predicted molar refractivity (Wildman–Crippen MR) is 118 cm³/mol. The van der Waals surface area contributed by atoms with Gasteiger partial charge < -0.3 is 19.3 Å². The Labute approximate surface area is 180 Å². The Morgan fingerprint density at radius 3 is 2.23 bits per heavy atom. The number of hydrogen-bond acceptors (Lipinski definition) is 6. The maximum atomic E-state index is 9.63. The lowest BCUT2D eigenvalue weighted by atomic mass is 10.0. The summed E-state index contributed by atoms with van der Waals surface area (Å²) < 4.78 is 16.2. The molecule has 1 aliphatic heterocycles. The van der Waals surface area contributed by atoms with E-state index in [1.807, 2.05) is 12.1 Å². The first-order valence-corrected chi connectivity index (χ1v) is 10.5. The molecule has 0 amide bonds. The molecule has 1 heterocycles. The highest BCUT2D eigenvalue weighted by molar-refractivity contribution is 5.38. The number of benzene rings is 2. The maximum Gasteiger partial charge on any atom is 0.122 e. The molecule has 6 heteroatoms. The van der Waals surface area contributed by atoms with E-state index in [0.29, 0.717) is 6.04 Å². The van der Waals surface area contributed by atoms with Crippen LogP contribution < -0.4 is 14.2 Å². The molecule has 6 nitrogen and oxygen atoms in total. The maximum absolute atomic E-state index is 9.63. The first-order valence-electron chi connectivity index (χ1n) is 10.5. The third-order valence-corrected chi connectivity index (χ3v) is 5.81. The average Bonchev–Trinajstić information content (AvgIpc) is 2.75. The third kappa shape index (κ3) is 5.65. The molecule has 1 N–H and O–H groups in total. The van der Waals surface area contributed by atoms with Gasteiger partial charge in [0.25, 0.3) is 0 Å². The number of methoxy groups -OCH3 is 3. The molecule has 1 aliphatic rings. The zero-order valence-electron chi connectivity index (χ0n) is 18.6. The van der Waals surface area contributed by atoms with Gasteiger partial charge in [0, 0.05) is 51.4 Å². The van der Waals surface area contributed by atoms with Crippen molar-refractivity contribution in [1.82, 2.24) is 9.80 Å². The lowest BCUT2D eigenvalue weighted by Gasteiger charge is -2.41. The van der Waals surface area contributed by atoms with Gasteiger partial charge in [0.05, 0.1) is 21.3 Å². The first kappa shape index (κ1) is 22.4. The Balaban J connectivity index is 1.67. The van der Waals surface area contributed by atoms with Crippen LogP contribution in [0.15, 0.2) is 36.4 Å². The molecular formula is C24H34N2O4. The number of piperazine rings is 1. The van der Waals surface area contributed by atoms with Gasteiger partial charge in [0.15, 0.2) is 0 Å². The highest BCUT2D eigenvalue weighted by Gasteiger charge is 2.27. The highest BCUT2D eigenvalue weighted by Crippen LogP contribution is 2.26. The molecule has 1 atom stereocenters. The number of aliphatic hydroxyl groups is 1. The van der Waals surface area contributed by atoms with E-state index < -0.39 is 0 Å². The number of ether oxygens (including phenoxy) is 3. The molecule has 0 aromatic heterocycles. The predicted octanol–water partition coefficient (Wildman–Crippen LogP) is 3.09. The summed E-state index contributed by atoms with van der Waals surface area (Å²) >= 11 is 0. The van der Waals surface area contributed by atoms with Crippen molar-refractivity contribution in [1.29, 1.82) is 0 Å². The van der Waals surface area contributed by atoms with Gasteiger partial charge in [-0.3, -0.25) is 9.80 Å². The van der Waals surface area contributed by atoms with E-state index in [1.54, 1.807) is 21.3 Å². The Kier molecular flexibility index (Phi) is 7.96. The van der Waals surface area contributed by atoms with Crippen molar-refractivity contribution < 1.29 is 19.3 Å². The number of nitrogens with zero attached hydrogens (tertiary/aromatic N) is 2. The minimum atomic E-state index is 0.198. The standard InChI is InChI=1S/C24H34N2O4/c1-18-11-19(5-6-24(18)30-4)16-26-9-8-25(17-21(26)7-10-27)15-20-12-22(28-2)14-23(13-20)29-3/h5-6,11-14,21,27H,7-10,15-17H2,1-4H3. The Morgan fingerprint density at radius 1 is 0.900 bits per heavy atom. The molecular weight excluding hydrogens is 380 g/mol. The van der Waals surface area contributed by atoms with Crippen LogP contribution in [0.25, 0.3) is 0 Å². The Bertz CT molecular complexity index is 805. The van der Waals surface area contributed by atoms with E-state index in [4.69, 9.17) is 14.2 Å². The van der Waals surface area contributed by atoms with E-state index >= 15 is 0 Å². The second-order valence-corrected chi connectivity index (χ2v) is 7.90. The summed E-state index contributed by atoms with van der Waals surface area (Å²) in [6.07, 6.45) is 0.771. The molecule has 1 saturated heterocycles. The van der Waals surface area contributed by atoms with Gasteiger partial charge in [-0.1, -0.05) is 12.1 Å². The Hall–Kier alpha value is -2.28. The largest absolute Gasteiger partial charge is 0.497 e. The Morgan fingerprint density at radius 2 is 1.63 bits per heavy atom. The van der Waals surface area contributed by atoms with E-state index in [-0.39, 0.29) is 6.61 Å². The summed E-state index contributed by atoms with van der Waals surface area (Å²) in [6, 6.07) is 12.7. The van der Waals surface area contributed by atoms with Crippen LogP contribution in [0.4, 0.5) is 0 Å². The molecule has 1 fully saturated rings. The van der Waals surface area contributed by atoms with Crippen molar-refractivity contribution in [3.63, 3.8) is 0 Å². The molecule has 3 rings (SSSR count). The van der Waals surface area contributed by atoms with Crippen molar-refractivity contribution in [3.05, 3.63) is 53.1 Å². The van der Waals surface area contributed by atoms with Crippen LogP contribution in [-0.4, -0.2) is 68.5 Å². The third-order valence-electron chi connectivity index (χ3n) is 5.81. The number of hydrogen-bond donors (Lipinski definition) is 1. The smallest absolute Gasteiger partial charge is 0.122 e. The molecule has 0 saturated carbocycles. The summed E-state index contributed by atoms with van der Waals surface area (Å²) in [5.41, 5.74) is 3.61. The van der Waals surface area contributed by atoms with E-state index in [0.717, 1.165) is 62.0 Å². The monoisotopic (exact) mass is 414 g/mol. The van der Waals surface area contributed by atoms with Crippen molar-refractivity contribution in [3.8, 4) is 17.2 Å². The zero-order chi connectivity index (χ0) is 21.5. The van der Waals surface area contributed by atoms with Crippen molar-refractivity contribution in [2.75, 3.05) is 47.6 Å². The van der Waals surface area contributed by atoms with Gasteiger partial charge in [-0.25, -0.2) is 0 Å². The lowest BCUT2D eigenvalue weighted by molar-refractivity contribution is 0.0499. The summed E-state index contributed by atoms with van der Waals surface area (Å²) in [5, 5.41) is 9.63. The fourth-order valence-corrected chi connectivity index (χ4v) is 4.22. The molecule has 164 valence electrons. The fourth-order valence-electron chi connectivity index (χ4n) is 4.22. The van der Waals surface area contributed by atoms with Crippen molar-refractivity contribution in [2.45, 2.75) is 32.5 Å². The highest BCUT2D eigenvalue weighted by atomic mass is 16.5. The average molecular weight is 415 g/mol. The minimum absolute atomic E-state index is 0.198. The minimum Gasteiger partial charge on any atom is -0.497 e. The van der Waals surface area contributed by atoms with Gasteiger partial charge in [-0.15, -0.1) is 0 Å². The molecule has 1 unspecified atom stereocenters. The molecule has 0 radical (unpaired) electrons. The number of aliphatic hydroxyl groups excluding tert-OH is 1. The summed E-state index contributed by atoms with van der Waals surface area (Å²) in [7, 11) is 5.06. The van der Waals surface area contributed by atoms with E-state index in [1.165, 1.54) is 11.1 Å². The number of aryl methyl sites for hydroxylation is 1. The van der Waals surface area contributed by atoms with Gasteiger partial charge in [0.1, 0.15) is 17.2 Å². The van der Waals surface area contributed by atoms with Crippen molar-refractivity contribution in [2.24, 2.45) is 0 Å². The topological polar surface area (TPSA) is 54.4 Å². The fraction of sp³-hybridized carbons (Fsp3) is 0.500. The quantitative estimate of drug-likeness (QED) is 0.681. The lowest BCUT2D eigenvalue weighted by Crippen LogP contribution is -2.52. The zero-order valence-corrected chi connectivity index (χ0v) is 18.6. The van der Waals surface area contributed by atoms with Crippen LogP contribution in [-0.2, 0) is 13.1 Å². The SMILES string of the molecule is COc1cc(CN2CCN(Cc3ccc(OC)c(C)c3)C(CCO)C2)cc(OC)c1. The molecule has 2 aromatic carbocycles.